The van der Waals surface area contributed by atoms with Gasteiger partial charge in [0.05, 0.1) is 31.0 Å². The molecule has 3 fully saturated rings. The molecule has 5 aromatic rings. The summed E-state index contributed by atoms with van der Waals surface area (Å²) in [5.74, 6) is -20.0. The number of carboxylic acids is 3. The van der Waals surface area contributed by atoms with Crippen molar-refractivity contribution < 1.29 is 117 Å². The third-order valence-corrected chi connectivity index (χ3v) is 28.5. The van der Waals surface area contributed by atoms with Crippen molar-refractivity contribution in [3.8, 4) is 5.75 Å². The van der Waals surface area contributed by atoms with Crippen LogP contribution in [0.5, 0.6) is 5.75 Å². The maximum atomic E-state index is 16.1. The predicted molar refractivity (Wildman–Crippen MR) is 551 cm³/mol. The molecule has 3 aromatic carbocycles. The molecule has 3 aliphatic heterocycles. The monoisotopic (exact) mass is 2090 g/mol. The summed E-state index contributed by atoms with van der Waals surface area (Å²) in [6.07, 6.45) is 7.50. The van der Waals surface area contributed by atoms with Gasteiger partial charge in [0, 0.05) is 126 Å². The molecule has 5 heterocycles. The average molecular weight is 2090 g/mol. The number of carboxylic acid groups (broad SMARTS) is 3. The number of hydrogen-bond acceptors (Lipinski definition) is 24. The molecule has 149 heavy (non-hydrogen) atoms. The number of nitrogens with one attached hydrogen (secondary N) is 12. The van der Waals surface area contributed by atoms with Crippen LogP contribution in [0, 0.1) is 5.92 Å². The number of thioether (sulfide) groups is 1. The average Bonchev–Trinajstić information content (AvgIpc) is 1.66. The Morgan fingerprint density at radius 2 is 1.10 bits per heavy atom. The third-order valence-electron chi connectivity index (χ3n) is 27.5. The second-order valence-electron chi connectivity index (χ2n) is 39.4. The van der Waals surface area contributed by atoms with Crippen LogP contribution in [0.15, 0.2) is 97.6 Å². The molecule has 44 nitrogen and oxygen atoms in total. The maximum Gasteiger partial charge on any atom is 0.304 e. The zero-order valence-corrected chi connectivity index (χ0v) is 86.9. The Hall–Kier alpha value is -13.9. The van der Waals surface area contributed by atoms with Gasteiger partial charge in [0.1, 0.15) is 90.3 Å². The van der Waals surface area contributed by atoms with E-state index in [1.807, 2.05) is 13.8 Å². The highest BCUT2D eigenvalue weighted by Gasteiger charge is 2.47. The Kier molecular flexibility index (Phi) is 46.8. The number of para-hydroxylation sites is 1. The zero-order chi connectivity index (χ0) is 109. The lowest BCUT2D eigenvalue weighted by molar-refractivity contribution is -0.149. The van der Waals surface area contributed by atoms with E-state index in [2.05, 4.69) is 68.1 Å². The van der Waals surface area contributed by atoms with Crippen molar-refractivity contribution in [3.63, 3.8) is 0 Å². The number of carbonyl (C=O) groups excluding carboxylic acids is 16. The van der Waals surface area contributed by atoms with Crippen molar-refractivity contribution in [2.75, 3.05) is 58.8 Å². The fourth-order valence-corrected chi connectivity index (χ4v) is 20.1. The number of allylic oxidation sites excluding steroid dienone is 1. The SMILES string of the molecule is CCCC[C@H]1C(=O)N(C)[C@@H](CCCC)C(=O)N[C@@H](CC(C)C)C(=O)N[C@H](C(=O)NCCCCCCCCCCC(=O)O)CSCC(=O)N[C@@H](Cc2ccc(O)cc2)C(=O)N(C)[C@@H](C)C(=O)N[C@@H](CC(N)=O)C(=O)N2CCCC2C(=O)N[C@@H](Cc2cnc[nH]2)C(=O)NC(CCCC(=O)O)C(=O)N2C[C@H](O)C[C@H]2C(=O)N[C@@H](Cc2c[nH]c3ccccc23)C(=O)N[C@@H](CCN)C(=O)N[C@@H](CC2=CC(CC(=O)O)c3ccccc32)C(=O)N1C. The van der Waals surface area contributed by atoms with Gasteiger partial charge in [-0.25, -0.2) is 4.98 Å². The summed E-state index contributed by atoms with van der Waals surface area (Å²) in [5, 5.41) is 79.3. The van der Waals surface area contributed by atoms with E-state index in [0.717, 1.165) is 63.5 Å². The van der Waals surface area contributed by atoms with Crippen molar-refractivity contribution in [1.82, 2.24) is 92.6 Å². The number of nitrogens with two attached hydrogens (primary N) is 2. The first-order chi connectivity index (χ1) is 71.1. The molecule has 21 N–H and O–H groups in total. The number of aromatic amines is 2. The predicted octanol–water partition coefficient (Wildman–Crippen LogP) is 2.85. The highest BCUT2D eigenvalue weighted by Crippen LogP contribution is 2.41. The number of benzene rings is 3. The van der Waals surface area contributed by atoms with Crippen LogP contribution in [0.1, 0.15) is 235 Å². The van der Waals surface area contributed by atoms with Gasteiger partial charge in [-0.1, -0.05) is 153 Å². The van der Waals surface area contributed by atoms with Crippen LogP contribution in [-0.4, -0.2) is 327 Å². The largest absolute Gasteiger partial charge is 0.508 e. The Balaban J connectivity index is 1.12. The summed E-state index contributed by atoms with van der Waals surface area (Å²) in [6.45, 7) is 7.71. The fourth-order valence-electron chi connectivity index (χ4n) is 19.2. The lowest BCUT2D eigenvalue weighted by Gasteiger charge is -2.36. The van der Waals surface area contributed by atoms with Gasteiger partial charge in [-0.2, -0.15) is 0 Å². The van der Waals surface area contributed by atoms with Crippen LogP contribution < -0.4 is 64.6 Å². The summed E-state index contributed by atoms with van der Waals surface area (Å²) in [5.41, 5.74) is 15.4. The molecule has 45 heteroatoms. The van der Waals surface area contributed by atoms with E-state index in [0.29, 0.717) is 83.7 Å². The van der Waals surface area contributed by atoms with Gasteiger partial charge in [-0.15, -0.1) is 11.8 Å². The number of carbonyl (C=O) groups is 19. The second-order valence-corrected chi connectivity index (χ2v) is 40.4. The van der Waals surface area contributed by atoms with Gasteiger partial charge in [0.15, 0.2) is 0 Å². The highest BCUT2D eigenvalue weighted by molar-refractivity contribution is 8.00. The number of aromatic hydroxyl groups is 1. The first-order valence-corrected chi connectivity index (χ1v) is 52.7. The molecule has 814 valence electrons. The minimum Gasteiger partial charge on any atom is -0.508 e. The molecule has 3 saturated heterocycles. The van der Waals surface area contributed by atoms with E-state index in [9.17, 15) is 54.0 Å². The number of imidazole rings is 1. The number of aliphatic carboxylic acids is 3. The number of aromatic nitrogens is 3. The van der Waals surface area contributed by atoms with E-state index < -0.39 is 247 Å². The quantitative estimate of drug-likeness (QED) is 0.0253. The number of likely N-dealkylation sites (N-methyl/N-ethyl adjacent to an activating group) is 3. The molecule has 1 aliphatic carbocycles. The van der Waals surface area contributed by atoms with Crippen LogP contribution >= 0.6 is 11.8 Å². The Bertz CT molecular complexity index is 5510. The Labute approximate surface area is 870 Å². The van der Waals surface area contributed by atoms with Crippen LogP contribution in [0.2, 0.25) is 0 Å². The van der Waals surface area contributed by atoms with E-state index in [4.69, 9.17) is 16.6 Å². The second kappa shape index (κ2) is 58.8. The lowest BCUT2D eigenvalue weighted by atomic mass is 9.96. The summed E-state index contributed by atoms with van der Waals surface area (Å²) in [4.78, 5) is 293. The summed E-state index contributed by atoms with van der Waals surface area (Å²) in [7, 11) is 3.97. The number of primary amides is 1. The number of amides is 16. The molecule has 4 aliphatic rings. The van der Waals surface area contributed by atoms with E-state index in [1.165, 1.54) is 69.8 Å². The van der Waals surface area contributed by atoms with E-state index in [1.54, 1.807) is 74.7 Å². The first-order valence-electron chi connectivity index (χ1n) is 51.5. The van der Waals surface area contributed by atoms with Crippen molar-refractivity contribution in [3.05, 3.63) is 126 Å². The number of nitrogens with zero attached hydrogens (tertiary/aromatic N) is 6. The Morgan fingerprint density at radius 1 is 0.530 bits per heavy atom. The lowest BCUT2D eigenvalue weighted by Crippen LogP contribution is -2.61. The number of H-pyrrole nitrogens is 2. The molecule has 9 rings (SSSR count). The molecular weight excluding hydrogens is 1950 g/mol. The normalized spacial score (nSPS) is 24.3. The van der Waals surface area contributed by atoms with Gasteiger partial charge in [-0.3, -0.25) is 91.1 Å². The molecule has 0 radical (unpaired) electrons. The standard InChI is InChI=1S/C104H148N20O24S/c1-9-11-32-82-97(141)114-75(45-60(3)4)94(138)119-81(92(136)108-43-24-18-16-14-13-15-17-19-35-88(129)130)57-149-58-87(128)111-78(46-62-37-39-67(125)40-38-62)100(144)120(6)61(5)91(135)117-80(53-86(106)127)103(147)123-44-26-34-83(123)98(142)116-77(51-66-55-107-59-110-66)96(140)113-74(31-25-36-89(131)132)102(146)124-56-68(126)52-85(124)99(143)115-76(49-65-54-109-72-30-23-22-29-71(65)72)95(139)112-73(41-42-105)93(137)118-79(101(145)122(8)84(33-12-10-2)104(148)121(82)7)48-63-47-64(50-90(133)134)70-28-21-20-27-69(63)70/h20-23,27-30,37-40,47,54-55,59-61,64,68,73-85,109,125-126H,9-19,24-26,31-36,41-46,48-53,56-58,105H2,1-8H3,(H2,106,127)(H,107,110)(H,108,136)(H,111,128)(H,112,139)(H,113,140)(H,114,141)(H,115,143)(H,116,142)(H,117,135)(H,118,137)(H,119,138)(H,129,130)(H,131,132)(H,133,134)/t61-,64?,68+,73-,74?,75-,76-,77-,78-,79-,80-,81-,82-,83?,84-,85-/m0/s1. The fraction of sp³-hybridized carbons (Fsp3) is 0.577. The number of phenols is 1. The summed E-state index contributed by atoms with van der Waals surface area (Å²) in [6, 6.07) is -2.37. The molecule has 0 saturated carbocycles. The van der Waals surface area contributed by atoms with Crippen molar-refractivity contribution in [1.29, 1.82) is 0 Å². The van der Waals surface area contributed by atoms with Crippen molar-refractivity contribution >= 4 is 141 Å². The topological polar surface area (TPSA) is 658 Å². The summed E-state index contributed by atoms with van der Waals surface area (Å²) < 4.78 is 0. The number of aliphatic hydroxyl groups is 1. The van der Waals surface area contributed by atoms with E-state index >= 15 is 57.5 Å². The molecule has 0 spiro atoms. The molecule has 16 atom stereocenters. The van der Waals surface area contributed by atoms with Crippen LogP contribution in [-0.2, 0) is 110 Å². The van der Waals surface area contributed by atoms with Gasteiger partial charge < -0.3 is 125 Å². The van der Waals surface area contributed by atoms with Gasteiger partial charge in [0.2, 0.25) is 94.5 Å². The molecule has 2 aromatic heterocycles. The van der Waals surface area contributed by atoms with Gasteiger partial charge in [0.25, 0.3) is 0 Å². The number of hydrogen-bond donors (Lipinski definition) is 19. The van der Waals surface area contributed by atoms with Crippen LogP contribution in [0.4, 0.5) is 0 Å². The van der Waals surface area contributed by atoms with Crippen LogP contribution in [0.3, 0.4) is 0 Å². The number of rotatable bonds is 38. The number of fused-ring (bicyclic) bond motifs is 4. The number of phenolic OH excluding ortho intramolecular Hbond substituents is 1. The minimum atomic E-state index is -1.81. The zero-order valence-electron chi connectivity index (χ0n) is 86.0. The number of unbranched alkanes of at least 4 members (excludes halogenated alkanes) is 9. The minimum absolute atomic E-state index is 0.0166. The smallest absolute Gasteiger partial charge is 0.304 e. The first kappa shape index (κ1) is 119. The van der Waals surface area contributed by atoms with E-state index in [-0.39, 0.29) is 126 Å². The van der Waals surface area contributed by atoms with Crippen molar-refractivity contribution in [2.45, 2.75) is 317 Å². The molecular formula is C104H148N20O24S. The van der Waals surface area contributed by atoms with Gasteiger partial charge in [-0.05, 0) is 130 Å². The van der Waals surface area contributed by atoms with Crippen molar-refractivity contribution in [2.24, 2.45) is 17.4 Å². The van der Waals surface area contributed by atoms with Crippen LogP contribution in [0.25, 0.3) is 16.5 Å². The Morgan fingerprint density at radius 3 is 1.75 bits per heavy atom. The molecule has 3 unspecified atom stereocenters. The summed E-state index contributed by atoms with van der Waals surface area (Å²) >= 11 is 0.884. The maximum absolute atomic E-state index is 16.1. The number of aliphatic hydroxyl groups excluding tert-OH is 1. The van der Waals surface area contributed by atoms with Gasteiger partial charge >= 0.3 is 17.9 Å². The third kappa shape index (κ3) is 35.4. The molecule has 16 amide bonds. The highest BCUT2D eigenvalue weighted by atomic mass is 32.2. The molecule has 0 bridgehead atoms.